The average molecular weight is 269 g/mol. The predicted octanol–water partition coefficient (Wildman–Crippen LogP) is 3.83. The highest BCUT2D eigenvalue weighted by Crippen LogP contribution is 2.21. The second-order valence-corrected chi connectivity index (χ2v) is 4.21. The van der Waals surface area contributed by atoms with E-state index < -0.39 is 0 Å². The van der Waals surface area contributed by atoms with Crippen LogP contribution >= 0.6 is 15.9 Å². The average Bonchev–Trinajstić information content (AvgIpc) is 2.20. The Kier molecular flexibility index (Phi) is 5.26. The molecule has 0 aliphatic rings. The smallest absolute Gasteiger partial charge is 0.0617 e. The molecule has 0 radical (unpaired) electrons. The third-order valence-electron chi connectivity index (χ3n) is 1.90. The molecule has 0 aromatic heterocycles. The van der Waals surface area contributed by atoms with E-state index in [1.165, 1.54) is 0 Å². The number of halogens is 1. The van der Waals surface area contributed by atoms with E-state index in [4.69, 9.17) is 0 Å². The molecule has 0 fully saturated rings. The van der Waals surface area contributed by atoms with Gasteiger partial charge in [-0.1, -0.05) is 34.6 Å². The fourth-order valence-electron chi connectivity index (χ4n) is 1.27. The van der Waals surface area contributed by atoms with Crippen molar-refractivity contribution >= 4 is 27.3 Å². The van der Waals surface area contributed by atoms with Crippen molar-refractivity contribution in [3.05, 3.63) is 36.5 Å². The van der Waals surface area contributed by atoms with E-state index in [9.17, 15) is 0 Å². The van der Waals surface area contributed by atoms with Gasteiger partial charge in [-0.05, 0) is 25.5 Å². The van der Waals surface area contributed by atoms with Crippen LogP contribution < -0.4 is 10.6 Å². The van der Waals surface area contributed by atoms with Crippen molar-refractivity contribution in [1.29, 1.82) is 0 Å². The highest BCUT2D eigenvalue weighted by Gasteiger charge is 1.99. The van der Waals surface area contributed by atoms with Crippen LogP contribution in [0.15, 0.2) is 36.5 Å². The predicted molar refractivity (Wildman–Crippen MR) is 71.8 cm³/mol. The molecule has 0 aliphatic heterocycles. The highest BCUT2D eigenvalue weighted by atomic mass is 79.9. The fraction of sp³-hybridized carbons (Fsp3) is 0.333. The molecule has 0 spiro atoms. The summed E-state index contributed by atoms with van der Waals surface area (Å²) in [5, 5.41) is 7.64. The molecule has 82 valence electrons. The third kappa shape index (κ3) is 4.38. The Morgan fingerprint density at radius 1 is 1.33 bits per heavy atom. The number of hydrogen-bond donors (Lipinski definition) is 2. The standard InChI is InChI=1S/C12H17BrN2/c1-10(2)15-12-7-4-3-6-11(12)14-9-5-8-13/h3-4,6-7,14-15H,1,5,8-9H2,2H3. The quantitative estimate of drug-likeness (QED) is 0.605. The molecule has 3 heteroatoms. The second-order valence-electron chi connectivity index (χ2n) is 3.42. The molecule has 0 saturated heterocycles. The van der Waals surface area contributed by atoms with Crippen molar-refractivity contribution in [2.75, 3.05) is 22.5 Å². The molecule has 0 atom stereocenters. The van der Waals surface area contributed by atoms with Gasteiger partial charge < -0.3 is 10.6 Å². The van der Waals surface area contributed by atoms with Crippen molar-refractivity contribution in [3.63, 3.8) is 0 Å². The van der Waals surface area contributed by atoms with Crippen LogP contribution in [0.3, 0.4) is 0 Å². The van der Waals surface area contributed by atoms with E-state index in [0.29, 0.717) is 0 Å². The molecule has 2 nitrogen and oxygen atoms in total. The van der Waals surface area contributed by atoms with Crippen LogP contribution in [0.1, 0.15) is 13.3 Å². The monoisotopic (exact) mass is 268 g/mol. The van der Waals surface area contributed by atoms with Gasteiger partial charge in [0.25, 0.3) is 0 Å². The summed E-state index contributed by atoms with van der Waals surface area (Å²) in [5.74, 6) is 0. The first-order valence-corrected chi connectivity index (χ1v) is 6.17. The van der Waals surface area contributed by atoms with E-state index in [1.54, 1.807) is 0 Å². The first-order chi connectivity index (χ1) is 7.24. The number of allylic oxidation sites excluding steroid dienone is 1. The van der Waals surface area contributed by atoms with Crippen LogP contribution in [0.2, 0.25) is 0 Å². The van der Waals surface area contributed by atoms with Gasteiger partial charge in [0.2, 0.25) is 0 Å². The van der Waals surface area contributed by atoms with Crippen LogP contribution in [0.25, 0.3) is 0 Å². The summed E-state index contributed by atoms with van der Waals surface area (Å²) >= 11 is 3.41. The molecule has 0 heterocycles. The maximum absolute atomic E-state index is 3.84. The fourth-order valence-corrected chi connectivity index (χ4v) is 1.55. The molecule has 0 saturated carbocycles. The Labute approximate surface area is 99.9 Å². The van der Waals surface area contributed by atoms with E-state index in [0.717, 1.165) is 35.4 Å². The molecular formula is C12H17BrN2. The van der Waals surface area contributed by atoms with Gasteiger partial charge in [0.1, 0.15) is 0 Å². The van der Waals surface area contributed by atoms with Crippen molar-refractivity contribution in [3.8, 4) is 0 Å². The van der Waals surface area contributed by atoms with Crippen LogP contribution in [-0.2, 0) is 0 Å². The molecule has 1 rings (SSSR count). The largest absolute Gasteiger partial charge is 0.383 e. The van der Waals surface area contributed by atoms with Crippen LogP contribution in [0, 0.1) is 0 Å². The summed E-state index contributed by atoms with van der Waals surface area (Å²) < 4.78 is 0. The molecule has 15 heavy (non-hydrogen) atoms. The first kappa shape index (κ1) is 12.1. The van der Waals surface area contributed by atoms with Crippen molar-refractivity contribution in [1.82, 2.24) is 0 Å². The summed E-state index contributed by atoms with van der Waals surface area (Å²) in [6.07, 6.45) is 1.11. The number of benzene rings is 1. The minimum atomic E-state index is 0.949. The lowest BCUT2D eigenvalue weighted by atomic mass is 10.2. The third-order valence-corrected chi connectivity index (χ3v) is 2.46. The molecule has 1 aromatic carbocycles. The normalized spacial score (nSPS) is 9.73. The SMILES string of the molecule is C=C(C)Nc1ccccc1NCCCBr. The minimum Gasteiger partial charge on any atom is -0.383 e. The molecular weight excluding hydrogens is 252 g/mol. The molecule has 0 amide bonds. The molecule has 0 aliphatic carbocycles. The zero-order valence-corrected chi connectivity index (χ0v) is 10.6. The van der Waals surface area contributed by atoms with Gasteiger partial charge >= 0.3 is 0 Å². The lowest BCUT2D eigenvalue weighted by Gasteiger charge is -2.13. The lowest BCUT2D eigenvalue weighted by molar-refractivity contribution is 0.999. The van der Waals surface area contributed by atoms with Gasteiger partial charge in [-0.3, -0.25) is 0 Å². The summed E-state index contributed by atoms with van der Waals surface area (Å²) in [4.78, 5) is 0. The molecule has 0 bridgehead atoms. The highest BCUT2D eigenvalue weighted by molar-refractivity contribution is 9.09. The first-order valence-electron chi connectivity index (χ1n) is 5.05. The Hall–Kier alpha value is -0.960. The number of alkyl halides is 1. The summed E-state index contributed by atoms with van der Waals surface area (Å²) in [6, 6.07) is 8.16. The van der Waals surface area contributed by atoms with E-state index >= 15 is 0 Å². The Morgan fingerprint density at radius 3 is 2.60 bits per heavy atom. The maximum Gasteiger partial charge on any atom is 0.0617 e. The summed E-state index contributed by atoms with van der Waals surface area (Å²) in [5.41, 5.74) is 3.16. The van der Waals surface area contributed by atoms with Gasteiger partial charge in [0.05, 0.1) is 11.4 Å². The number of rotatable bonds is 6. The Bertz CT molecular complexity index is 323. The molecule has 2 N–H and O–H groups in total. The minimum absolute atomic E-state index is 0.949. The zero-order chi connectivity index (χ0) is 11.1. The summed E-state index contributed by atoms with van der Waals surface area (Å²) in [6.45, 7) is 6.77. The van der Waals surface area contributed by atoms with E-state index in [-0.39, 0.29) is 0 Å². The van der Waals surface area contributed by atoms with E-state index in [1.807, 2.05) is 25.1 Å². The van der Waals surface area contributed by atoms with Gasteiger partial charge in [-0.2, -0.15) is 0 Å². The topological polar surface area (TPSA) is 24.1 Å². The van der Waals surface area contributed by atoms with Crippen LogP contribution in [-0.4, -0.2) is 11.9 Å². The number of anilines is 2. The summed E-state index contributed by atoms with van der Waals surface area (Å²) in [7, 11) is 0. The Balaban J connectivity index is 2.64. The Morgan fingerprint density at radius 2 is 2.00 bits per heavy atom. The van der Waals surface area contributed by atoms with Crippen LogP contribution in [0.5, 0.6) is 0 Å². The van der Waals surface area contributed by atoms with Gasteiger partial charge in [-0.25, -0.2) is 0 Å². The molecule has 0 unspecified atom stereocenters. The van der Waals surface area contributed by atoms with E-state index in [2.05, 4.69) is 39.2 Å². The maximum atomic E-state index is 3.84. The number of nitrogens with one attached hydrogen (secondary N) is 2. The second kappa shape index (κ2) is 6.51. The number of para-hydroxylation sites is 2. The molecule has 1 aromatic rings. The van der Waals surface area contributed by atoms with Gasteiger partial charge in [0, 0.05) is 17.6 Å². The lowest BCUT2D eigenvalue weighted by Crippen LogP contribution is -2.05. The van der Waals surface area contributed by atoms with Crippen molar-refractivity contribution in [2.45, 2.75) is 13.3 Å². The van der Waals surface area contributed by atoms with Crippen molar-refractivity contribution < 1.29 is 0 Å². The van der Waals surface area contributed by atoms with Gasteiger partial charge in [-0.15, -0.1) is 0 Å². The van der Waals surface area contributed by atoms with Gasteiger partial charge in [0.15, 0.2) is 0 Å². The van der Waals surface area contributed by atoms with Crippen LogP contribution in [0.4, 0.5) is 11.4 Å². The van der Waals surface area contributed by atoms with Crippen molar-refractivity contribution in [2.24, 2.45) is 0 Å². The number of hydrogen-bond acceptors (Lipinski definition) is 2. The zero-order valence-electron chi connectivity index (χ0n) is 9.02.